The molecule has 0 aromatic heterocycles. The van der Waals surface area contributed by atoms with Crippen LogP contribution in [0.2, 0.25) is 0 Å². The number of rotatable bonds is 1. The summed E-state index contributed by atoms with van der Waals surface area (Å²) in [5.41, 5.74) is 0.733. The first-order valence-corrected chi connectivity index (χ1v) is 5.78. The Labute approximate surface area is 106 Å². The zero-order valence-electron chi connectivity index (χ0n) is 9.63. The molecule has 15 heavy (non-hydrogen) atoms. The molecule has 0 amide bonds. The smallest absolute Gasteiger partial charge is 0.00135 e. The molecule has 0 saturated carbocycles. The van der Waals surface area contributed by atoms with Gasteiger partial charge in [-0.15, -0.1) is 24.8 Å². The van der Waals surface area contributed by atoms with E-state index in [-0.39, 0.29) is 24.8 Å². The second-order valence-corrected chi connectivity index (χ2v) is 4.68. The zero-order chi connectivity index (χ0) is 9.15. The van der Waals surface area contributed by atoms with Gasteiger partial charge >= 0.3 is 0 Å². The monoisotopic (exact) mass is 254 g/mol. The van der Waals surface area contributed by atoms with Crippen LogP contribution in [0.3, 0.4) is 0 Å². The Morgan fingerprint density at radius 3 is 2.00 bits per heavy atom. The Bertz CT molecular complexity index is 160. The first-order valence-electron chi connectivity index (χ1n) is 5.78. The van der Waals surface area contributed by atoms with Gasteiger partial charge in [-0.3, -0.25) is 0 Å². The van der Waals surface area contributed by atoms with Gasteiger partial charge in [0.2, 0.25) is 0 Å². The quantitative estimate of drug-likeness (QED) is 0.773. The summed E-state index contributed by atoms with van der Waals surface area (Å²) in [4.78, 5) is 2.59. The van der Waals surface area contributed by atoms with Gasteiger partial charge in [-0.2, -0.15) is 0 Å². The fraction of sp³-hybridized carbons (Fsp3) is 1.00. The Hall–Kier alpha value is 0.500. The van der Waals surface area contributed by atoms with Gasteiger partial charge in [0.15, 0.2) is 0 Å². The van der Waals surface area contributed by atoms with Crippen molar-refractivity contribution < 1.29 is 0 Å². The fourth-order valence-corrected chi connectivity index (χ4v) is 2.80. The first kappa shape index (κ1) is 15.5. The van der Waals surface area contributed by atoms with E-state index in [1.807, 2.05) is 0 Å². The maximum Gasteiger partial charge on any atom is -0.00135 e. The molecule has 2 nitrogen and oxygen atoms in total. The molecule has 0 aliphatic carbocycles. The predicted octanol–water partition coefficient (Wildman–Crippen LogP) is 2.32. The van der Waals surface area contributed by atoms with Crippen LogP contribution < -0.4 is 5.32 Å². The van der Waals surface area contributed by atoms with E-state index in [0.717, 1.165) is 5.41 Å². The predicted molar refractivity (Wildman–Crippen MR) is 70.4 cm³/mol. The lowest BCUT2D eigenvalue weighted by molar-refractivity contribution is 0.0770. The topological polar surface area (TPSA) is 15.3 Å². The van der Waals surface area contributed by atoms with Crippen molar-refractivity contribution in [2.45, 2.75) is 32.6 Å². The highest BCUT2D eigenvalue weighted by molar-refractivity contribution is 5.85. The molecule has 2 rings (SSSR count). The van der Waals surface area contributed by atoms with Crippen LogP contribution in [0.5, 0.6) is 0 Å². The molecule has 0 unspecified atom stereocenters. The first-order chi connectivity index (χ1) is 6.35. The normalized spacial score (nSPS) is 25.4. The van der Waals surface area contributed by atoms with Crippen molar-refractivity contribution in [3.8, 4) is 0 Å². The van der Waals surface area contributed by atoms with Gasteiger partial charge in [-0.1, -0.05) is 6.92 Å². The number of nitrogens with one attached hydrogen (secondary N) is 1. The van der Waals surface area contributed by atoms with E-state index in [1.54, 1.807) is 0 Å². The van der Waals surface area contributed by atoms with Crippen LogP contribution in [-0.4, -0.2) is 37.6 Å². The number of hydrogen-bond acceptors (Lipinski definition) is 2. The van der Waals surface area contributed by atoms with Gasteiger partial charge < -0.3 is 10.2 Å². The molecule has 0 aromatic rings. The lowest BCUT2D eigenvalue weighted by Gasteiger charge is -2.44. The average Bonchev–Trinajstić information content (AvgIpc) is 2.20. The molecule has 0 atom stereocenters. The molecule has 92 valence electrons. The van der Waals surface area contributed by atoms with Crippen LogP contribution in [0.1, 0.15) is 32.6 Å². The summed E-state index contributed by atoms with van der Waals surface area (Å²) in [5.74, 6) is 0. The Morgan fingerprint density at radius 2 is 1.53 bits per heavy atom. The largest absolute Gasteiger partial charge is 0.317 e. The zero-order valence-corrected chi connectivity index (χ0v) is 11.3. The van der Waals surface area contributed by atoms with Crippen molar-refractivity contribution >= 4 is 24.8 Å². The van der Waals surface area contributed by atoms with E-state index < -0.39 is 0 Å². The Morgan fingerprint density at radius 1 is 1.00 bits per heavy atom. The molecule has 2 aliphatic heterocycles. The second-order valence-electron chi connectivity index (χ2n) is 4.68. The molecule has 2 heterocycles. The second kappa shape index (κ2) is 6.95. The summed E-state index contributed by atoms with van der Waals surface area (Å²) in [6.45, 7) is 8.72. The van der Waals surface area contributed by atoms with Gasteiger partial charge in [0, 0.05) is 0 Å². The molecular formula is C11H24Cl2N2. The SMILES string of the molecule is CCN1CCC2(CCNCC2)CC1.Cl.Cl. The van der Waals surface area contributed by atoms with Crippen LogP contribution in [0.4, 0.5) is 0 Å². The van der Waals surface area contributed by atoms with E-state index >= 15 is 0 Å². The third-order valence-corrected chi connectivity index (χ3v) is 4.03. The van der Waals surface area contributed by atoms with Gasteiger partial charge in [-0.25, -0.2) is 0 Å². The maximum absolute atomic E-state index is 3.47. The lowest BCUT2D eigenvalue weighted by atomic mass is 9.71. The fourth-order valence-electron chi connectivity index (χ4n) is 2.80. The van der Waals surface area contributed by atoms with Crippen molar-refractivity contribution in [3.63, 3.8) is 0 Å². The van der Waals surface area contributed by atoms with Crippen LogP contribution in [0, 0.1) is 5.41 Å². The van der Waals surface area contributed by atoms with Crippen molar-refractivity contribution in [1.29, 1.82) is 0 Å². The average molecular weight is 255 g/mol. The summed E-state index contributed by atoms with van der Waals surface area (Å²) < 4.78 is 0. The van der Waals surface area contributed by atoms with Crippen molar-refractivity contribution in [3.05, 3.63) is 0 Å². The molecule has 2 fully saturated rings. The minimum atomic E-state index is 0. The third kappa shape index (κ3) is 3.77. The number of hydrogen-bond donors (Lipinski definition) is 1. The van der Waals surface area contributed by atoms with E-state index in [2.05, 4.69) is 17.1 Å². The van der Waals surface area contributed by atoms with E-state index in [4.69, 9.17) is 0 Å². The van der Waals surface area contributed by atoms with E-state index in [9.17, 15) is 0 Å². The highest BCUT2D eigenvalue weighted by Gasteiger charge is 2.34. The van der Waals surface area contributed by atoms with Gasteiger partial charge in [0.1, 0.15) is 0 Å². The van der Waals surface area contributed by atoms with Crippen molar-refractivity contribution in [2.75, 3.05) is 32.7 Å². The highest BCUT2D eigenvalue weighted by Crippen LogP contribution is 2.39. The molecule has 2 saturated heterocycles. The molecule has 2 aliphatic rings. The molecule has 0 radical (unpaired) electrons. The molecule has 1 N–H and O–H groups in total. The van der Waals surface area contributed by atoms with Crippen LogP contribution in [0.15, 0.2) is 0 Å². The third-order valence-electron chi connectivity index (χ3n) is 4.03. The number of halogens is 2. The highest BCUT2D eigenvalue weighted by atomic mass is 35.5. The Balaban J connectivity index is 0.000000980. The number of likely N-dealkylation sites (tertiary alicyclic amines) is 1. The van der Waals surface area contributed by atoms with Gasteiger partial charge in [-0.05, 0) is 63.8 Å². The summed E-state index contributed by atoms with van der Waals surface area (Å²) in [5, 5.41) is 3.47. The van der Waals surface area contributed by atoms with Gasteiger partial charge in [0.25, 0.3) is 0 Å². The summed E-state index contributed by atoms with van der Waals surface area (Å²) in [7, 11) is 0. The Kier molecular flexibility index (Phi) is 7.18. The van der Waals surface area contributed by atoms with Crippen LogP contribution >= 0.6 is 24.8 Å². The van der Waals surface area contributed by atoms with E-state index in [0.29, 0.717) is 0 Å². The molecule has 4 heteroatoms. The summed E-state index contributed by atoms with van der Waals surface area (Å²) >= 11 is 0. The van der Waals surface area contributed by atoms with E-state index in [1.165, 1.54) is 58.4 Å². The number of nitrogens with zero attached hydrogens (tertiary/aromatic N) is 1. The van der Waals surface area contributed by atoms with Crippen molar-refractivity contribution in [2.24, 2.45) is 5.41 Å². The van der Waals surface area contributed by atoms with Gasteiger partial charge in [0.05, 0.1) is 0 Å². The van der Waals surface area contributed by atoms with Crippen LogP contribution in [-0.2, 0) is 0 Å². The summed E-state index contributed by atoms with van der Waals surface area (Å²) in [6, 6.07) is 0. The molecule has 1 spiro atoms. The number of piperidine rings is 2. The molecular weight excluding hydrogens is 231 g/mol. The standard InChI is InChI=1S/C11H22N2.2ClH/c1-2-13-9-5-11(6-10-13)3-7-12-8-4-11;;/h12H,2-10H2,1H3;2*1H. The van der Waals surface area contributed by atoms with Crippen LogP contribution in [0.25, 0.3) is 0 Å². The minimum Gasteiger partial charge on any atom is -0.317 e. The molecule has 0 bridgehead atoms. The maximum atomic E-state index is 3.47. The lowest BCUT2D eigenvalue weighted by Crippen LogP contribution is -2.45. The minimum absolute atomic E-state index is 0. The summed E-state index contributed by atoms with van der Waals surface area (Å²) in [6.07, 6.45) is 5.74. The molecule has 0 aromatic carbocycles. The van der Waals surface area contributed by atoms with Crippen molar-refractivity contribution in [1.82, 2.24) is 10.2 Å².